The smallest absolute Gasteiger partial charge is 0.741 e. The summed E-state index contributed by atoms with van der Waals surface area (Å²) in [6, 6.07) is 7.70. The molecule has 1 rings (SSSR count). The van der Waals surface area contributed by atoms with Crippen LogP contribution < -0.4 is 16.0 Å². The van der Waals surface area contributed by atoms with Crippen molar-refractivity contribution in [2.45, 2.75) is 6.92 Å². The predicted molar refractivity (Wildman–Crippen MR) is 103 cm³/mol. The number of rotatable bonds is 5. The number of benzene rings is 1. The average Bonchev–Trinajstić information content (AvgIpc) is 2.59. The van der Waals surface area contributed by atoms with Gasteiger partial charge in [0.15, 0.2) is 0 Å². The van der Waals surface area contributed by atoms with Gasteiger partial charge in [-0.3, -0.25) is 0 Å². The van der Waals surface area contributed by atoms with Crippen LogP contribution in [0.4, 0.5) is 5.69 Å². The van der Waals surface area contributed by atoms with Crippen LogP contribution >= 0.6 is 0 Å². The molecule has 0 aliphatic rings. The molecule has 0 unspecified atom stereocenters. The third-order valence-corrected chi connectivity index (χ3v) is 3.32. The summed E-state index contributed by atoms with van der Waals surface area (Å²) in [6.07, 6.45) is 0. The Morgan fingerprint density at radius 1 is 0.833 bits per heavy atom. The maximum Gasteiger partial charge on any atom is 2.00 e. The minimum Gasteiger partial charge on any atom is -0.741 e. The van der Waals surface area contributed by atoms with Crippen molar-refractivity contribution in [3.8, 4) is 0 Å². The van der Waals surface area contributed by atoms with Gasteiger partial charge in [-0.25, -0.2) is 0 Å². The van der Waals surface area contributed by atoms with Gasteiger partial charge in [0.1, 0.15) is 5.71 Å². The quantitative estimate of drug-likeness (QED) is 0.221. The molecule has 0 aromatic heterocycles. The summed E-state index contributed by atoms with van der Waals surface area (Å²) in [4.78, 5) is 0. The second-order valence-corrected chi connectivity index (χ2v) is 5.05. The van der Waals surface area contributed by atoms with Gasteiger partial charge in [-0.05, 0) is 29.4 Å². The van der Waals surface area contributed by atoms with E-state index in [1.807, 2.05) is 31.3 Å². The average molecular weight is 413 g/mol. The minimum absolute atomic E-state index is 0. The van der Waals surface area contributed by atoms with Gasteiger partial charge in [0.25, 0.3) is 0 Å². The topological polar surface area (TPSA) is 85.5 Å². The number of hydrogen-bond donors (Lipinski definition) is 3. The third-order valence-electron chi connectivity index (χ3n) is 2.75. The molecular weight excluding hydrogens is 394 g/mol. The molecule has 0 heterocycles. The second kappa shape index (κ2) is 11.7. The first-order valence-electron chi connectivity index (χ1n) is 6.77. The summed E-state index contributed by atoms with van der Waals surface area (Å²) >= 11 is 9.93. The maximum atomic E-state index is 4.99. The summed E-state index contributed by atoms with van der Waals surface area (Å²) in [5, 5.41) is 25.2. The van der Waals surface area contributed by atoms with E-state index < -0.39 is 0 Å². The molecule has 3 N–H and O–H groups in total. The molecule has 1 aromatic carbocycles. The molecular formula is C14H19CuN7S2. The molecule has 0 bridgehead atoms. The van der Waals surface area contributed by atoms with Crippen LogP contribution in [-0.2, 0) is 42.3 Å². The van der Waals surface area contributed by atoms with E-state index in [1.165, 1.54) is 0 Å². The molecule has 0 saturated heterocycles. The predicted octanol–water partition coefficient (Wildman–Crippen LogP) is 1.05. The Hall–Kier alpha value is -1.74. The van der Waals surface area contributed by atoms with Crippen molar-refractivity contribution < 1.29 is 17.1 Å². The van der Waals surface area contributed by atoms with E-state index in [9.17, 15) is 0 Å². The first kappa shape index (κ1) is 22.3. The standard InChI is InChI=1S/C14H21N7S2.Cu/c1-9(18-20-13(22)16-3)12(19-21-14(23)17-4)10-5-7-11(15-2)8-6-10;/h5-8,15H,1-4H3,(H2,16,20,22)(H2,17,21,23);/q;+2/p-2. The van der Waals surface area contributed by atoms with Gasteiger partial charge >= 0.3 is 17.1 Å². The molecule has 0 spiro atoms. The van der Waals surface area contributed by atoms with E-state index >= 15 is 0 Å². The first-order chi connectivity index (χ1) is 11.0. The number of nitrogens with one attached hydrogen (secondary N) is 3. The maximum absolute atomic E-state index is 4.99. The normalized spacial score (nSPS) is 13.2. The van der Waals surface area contributed by atoms with E-state index in [2.05, 4.69) is 36.4 Å². The molecule has 0 atom stereocenters. The number of amidine groups is 2. The van der Waals surface area contributed by atoms with Gasteiger partial charge in [-0.1, -0.05) is 12.1 Å². The molecule has 1 radical (unpaired) electrons. The Balaban J connectivity index is 0.00000529. The van der Waals surface area contributed by atoms with Gasteiger partial charge in [-0.2, -0.15) is 15.3 Å². The van der Waals surface area contributed by atoms with Gasteiger partial charge in [0, 0.05) is 32.4 Å². The van der Waals surface area contributed by atoms with E-state index in [4.69, 9.17) is 25.3 Å². The minimum atomic E-state index is 0. The van der Waals surface area contributed by atoms with Crippen LogP contribution in [0.5, 0.6) is 0 Å². The number of nitrogens with zero attached hydrogens (tertiary/aromatic N) is 4. The first-order valence-corrected chi connectivity index (χ1v) is 7.59. The Morgan fingerprint density at radius 3 is 1.79 bits per heavy atom. The number of hydrogen-bond acceptors (Lipinski definition) is 7. The van der Waals surface area contributed by atoms with Gasteiger partial charge in [0.05, 0.1) is 5.71 Å². The Labute approximate surface area is 163 Å². The molecule has 133 valence electrons. The molecule has 7 nitrogen and oxygen atoms in total. The number of anilines is 1. The summed E-state index contributed by atoms with van der Waals surface area (Å²) < 4.78 is 0. The summed E-state index contributed by atoms with van der Waals surface area (Å²) in [5.41, 5.74) is 2.97. The van der Waals surface area contributed by atoms with Crippen LogP contribution in [0, 0.1) is 0 Å². The third kappa shape index (κ3) is 7.22. The van der Waals surface area contributed by atoms with Gasteiger partial charge < -0.3 is 41.2 Å². The summed E-state index contributed by atoms with van der Waals surface area (Å²) in [5.74, 6) is 0. The fourth-order valence-corrected chi connectivity index (χ4v) is 1.58. The van der Waals surface area contributed by atoms with Crippen molar-refractivity contribution in [3.05, 3.63) is 29.8 Å². The van der Waals surface area contributed by atoms with Gasteiger partial charge in [-0.15, -0.1) is 5.10 Å². The zero-order valence-corrected chi connectivity index (χ0v) is 16.3. The molecule has 0 amide bonds. The van der Waals surface area contributed by atoms with Crippen molar-refractivity contribution in [2.75, 3.05) is 26.5 Å². The molecule has 10 heteroatoms. The van der Waals surface area contributed by atoms with E-state index in [0.717, 1.165) is 11.3 Å². The van der Waals surface area contributed by atoms with E-state index in [1.54, 1.807) is 21.0 Å². The Kier molecular flexibility index (Phi) is 10.9. The fourth-order valence-electron chi connectivity index (χ4n) is 1.50. The van der Waals surface area contributed by atoms with Crippen molar-refractivity contribution in [3.63, 3.8) is 0 Å². The van der Waals surface area contributed by atoms with Crippen molar-refractivity contribution in [1.29, 1.82) is 0 Å². The summed E-state index contributed by atoms with van der Waals surface area (Å²) in [6.45, 7) is 1.78. The zero-order chi connectivity index (χ0) is 17.2. The molecule has 24 heavy (non-hydrogen) atoms. The van der Waals surface area contributed by atoms with E-state index in [-0.39, 0.29) is 27.4 Å². The van der Waals surface area contributed by atoms with Crippen LogP contribution in [0.15, 0.2) is 44.7 Å². The SMILES string of the molecule is CNC([S-])=NN=C(C)C(=NN=C([S-])NC)c1ccc(NC)cc1.[Cu+2]. The van der Waals surface area contributed by atoms with E-state index in [0.29, 0.717) is 11.4 Å². The zero-order valence-electron chi connectivity index (χ0n) is 13.7. The molecule has 0 saturated carbocycles. The van der Waals surface area contributed by atoms with Crippen molar-refractivity contribution >= 4 is 52.7 Å². The summed E-state index contributed by atoms with van der Waals surface area (Å²) in [7, 11) is 5.22. The van der Waals surface area contributed by atoms with Crippen LogP contribution in [0.3, 0.4) is 0 Å². The van der Waals surface area contributed by atoms with Crippen LogP contribution in [0.1, 0.15) is 12.5 Å². The molecule has 0 aliphatic heterocycles. The Morgan fingerprint density at radius 2 is 1.33 bits per heavy atom. The Bertz CT molecular complexity index is 639. The van der Waals surface area contributed by atoms with Crippen LogP contribution in [0.2, 0.25) is 0 Å². The second-order valence-electron chi connectivity index (χ2n) is 4.27. The van der Waals surface area contributed by atoms with Gasteiger partial charge in [0.2, 0.25) is 0 Å². The largest absolute Gasteiger partial charge is 2.00 e. The van der Waals surface area contributed by atoms with Crippen LogP contribution in [-0.4, -0.2) is 42.9 Å². The fraction of sp³-hybridized carbons (Fsp3) is 0.286. The van der Waals surface area contributed by atoms with Crippen molar-refractivity contribution in [1.82, 2.24) is 10.6 Å². The monoisotopic (exact) mass is 412 g/mol. The molecule has 0 aliphatic carbocycles. The molecule has 0 fully saturated rings. The van der Waals surface area contributed by atoms with Crippen molar-refractivity contribution in [2.24, 2.45) is 20.4 Å². The molecule has 1 aromatic rings. The van der Waals surface area contributed by atoms with Crippen LogP contribution in [0.25, 0.3) is 0 Å².